The van der Waals surface area contributed by atoms with Gasteiger partial charge in [0.2, 0.25) is 0 Å². The van der Waals surface area contributed by atoms with Crippen LogP contribution in [-0.4, -0.2) is 29.8 Å². The molecule has 1 atom stereocenters. The molecule has 0 amide bonds. The maximum absolute atomic E-state index is 11.2. The van der Waals surface area contributed by atoms with Crippen LogP contribution in [0.1, 0.15) is 58.8 Å². The molecule has 88 valence electrons. The highest BCUT2D eigenvalue weighted by molar-refractivity contribution is 5.77. The standard InChI is InChI=1S/C13H25NO/c1-3-12-8-5-6-10-14(12)11-7-9-13(15)4-2/h12H,3-11H2,1-2H3. The predicted molar refractivity (Wildman–Crippen MR) is 64.0 cm³/mol. The lowest BCUT2D eigenvalue weighted by atomic mass is 9.99. The average molecular weight is 211 g/mol. The number of hydrogen-bond donors (Lipinski definition) is 0. The molecule has 2 nitrogen and oxygen atoms in total. The Balaban J connectivity index is 2.20. The van der Waals surface area contributed by atoms with E-state index < -0.39 is 0 Å². The molecule has 1 fully saturated rings. The van der Waals surface area contributed by atoms with E-state index in [0.717, 1.165) is 25.4 Å². The van der Waals surface area contributed by atoms with E-state index in [1.165, 1.54) is 32.2 Å². The molecule has 0 aliphatic carbocycles. The Morgan fingerprint density at radius 2 is 2.13 bits per heavy atom. The van der Waals surface area contributed by atoms with Crippen molar-refractivity contribution in [3.05, 3.63) is 0 Å². The molecule has 0 spiro atoms. The molecule has 1 heterocycles. The minimum atomic E-state index is 0.417. The summed E-state index contributed by atoms with van der Waals surface area (Å²) in [5, 5.41) is 0. The molecule has 0 radical (unpaired) electrons. The van der Waals surface area contributed by atoms with Crippen molar-refractivity contribution in [2.75, 3.05) is 13.1 Å². The Bertz CT molecular complexity index is 191. The summed E-state index contributed by atoms with van der Waals surface area (Å²) in [6.07, 6.45) is 7.91. The van der Waals surface area contributed by atoms with Crippen LogP contribution in [0, 0.1) is 0 Å². The van der Waals surface area contributed by atoms with Crippen LogP contribution in [-0.2, 0) is 4.79 Å². The van der Waals surface area contributed by atoms with Crippen LogP contribution < -0.4 is 0 Å². The normalized spacial score (nSPS) is 22.9. The SMILES string of the molecule is CCC(=O)CCCN1CCCCC1CC. The van der Waals surface area contributed by atoms with Crippen molar-refractivity contribution < 1.29 is 4.79 Å². The molecule has 0 aromatic carbocycles. The number of nitrogens with zero attached hydrogens (tertiary/aromatic N) is 1. The lowest BCUT2D eigenvalue weighted by molar-refractivity contribution is -0.118. The van der Waals surface area contributed by atoms with Gasteiger partial charge in [0.25, 0.3) is 0 Å². The van der Waals surface area contributed by atoms with Crippen molar-refractivity contribution in [3.8, 4) is 0 Å². The number of rotatable bonds is 6. The number of likely N-dealkylation sites (tertiary alicyclic amines) is 1. The fraction of sp³-hybridized carbons (Fsp3) is 0.923. The summed E-state index contributed by atoms with van der Waals surface area (Å²) in [5.41, 5.74) is 0. The minimum Gasteiger partial charge on any atom is -0.300 e. The third kappa shape index (κ3) is 4.33. The van der Waals surface area contributed by atoms with E-state index in [1.807, 2.05) is 6.92 Å². The highest BCUT2D eigenvalue weighted by Crippen LogP contribution is 2.19. The van der Waals surface area contributed by atoms with Crippen LogP contribution in [0.25, 0.3) is 0 Å². The summed E-state index contributed by atoms with van der Waals surface area (Å²) >= 11 is 0. The van der Waals surface area contributed by atoms with Crippen LogP contribution in [0.4, 0.5) is 0 Å². The van der Waals surface area contributed by atoms with E-state index in [2.05, 4.69) is 11.8 Å². The first kappa shape index (κ1) is 12.7. The van der Waals surface area contributed by atoms with Gasteiger partial charge in [-0.25, -0.2) is 0 Å². The summed E-state index contributed by atoms with van der Waals surface area (Å²) in [6.45, 7) is 6.61. The number of ketones is 1. The molecular weight excluding hydrogens is 186 g/mol. The first-order valence-corrected chi connectivity index (χ1v) is 6.53. The van der Waals surface area contributed by atoms with Crippen molar-refractivity contribution in [1.29, 1.82) is 0 Å². The number of carbonyl (C=O) groups is 1. The second kappa shape index (κ2) is 7.00. The van der Waals surface area contributed by atoms with Crippen molar-refractivity contribution in [2.45, 2.75) is 64.8 Å². The Morgan fingerprint density at radius 3 is 2.80 bits per heavy atom. The van der Waals surface area contributed by atoms with Crippen LogP contribution in [0.2, 0.25) is 0 Å². The van der Waals surface area contributed by atoms with Gasteiger partial charge in [0.1, 0.15) is 5.78 Å². The Hall–Kier alpha value is -0.370. The molecule has 0 N–H and O–H groups in total. The van der Waals surface area contributed by atoms with Gasteiger partial charge in [-0.15, -0.1) is 0 Å². The first-order chi connectivity index (χ1) is 7.27. The van der Waals surface area contributed by atoms with Crippen molar-refractivity contribution in [2.24, 2.45) is 0 Å². The number of carbonyl (C=O) groups excluding carboxylic acids is 1. The maximum atomic E-state index is 11.2. The molecule has 0 aromatic rings. The molecule has 1 aliphatic heterocycles. The number of piperidine rings is 1. The van der Waals surface area contributed by atoms with Gasteiger partial charge in [0.05, 0.1) is 0 Å². The smallest absolute Gasteiger partial charge is 0.132 e. The minimum absolute atomic E-state index is 0.417. The van der Waals surface area contributed by atoms with E-state index in [9.17, 15) is 4.79 Å². The monoisotopic (exact) mass is 211 g/mol. The Kier molecular flexibility index (Phi) is 5.92. The van der Waals surface area contributed by atoms with E-state index in [4.69, 9.17) is 0 Å². The molecule has 1 aliphatic rings. The van der Waals surface area contributed by atoms with E-state index in [0.29, 0.717) is 12.2 Å². The Morgan fingerprint density at radius 1 is 1.33 bits per heavy atom. The number of hydrogen-bond acceptors (Lipinski definition) is 2. The lowest BCUT2D eigenvalue weighted by Crippen LogP contribution is -2.39. The van der Waals surface area contributed by atoms with Gasteiger partial charge in [-0.3, -0.25) is 4.79 Å². The van der Waals surface area contributed by atoms with Gasteiger partial charge in [-0.1, -0.05) is 20.3 Å². The zero-order chi connectivity index (χ0) is 11.1. The van der Waals surface area contributed by atoms with E-state index in [-0.39, 0.29) is 0 Å². The molecule has 1 unspecified atom stereocenters. The quantitative estimate of drug-likeness (QED) is 0.673. The predicted octanol–water partition coefficient (Wildman–Crippen LogP) is 3.01. The van der Waals surface area contributed by atoms with Gasteiger partial charge in [-0.2, -0.15) is 0 Å². The van der Waals surface area contributed by atoms with Gasteiger partial charge in [0, 0.05) is 18.9 Å². The molecule has 1 rings (SSSR count). The fourth-order valence-electron chi connectivity index (χ4n) is 2.47. The van der Waals surface area contributed by atoms with Crippen molar-refractivity contribution >= 4 is 5.78 Å². The van der Waals surface area contributed by atoms with Crippen molar-refractivity contribution in [3.63, 3.8) is 0 Å². The van der Waals surface area contributed by atoms with Gasteiger partial charge in [-0.05, 0) is 38.8 Å². The summed E-state index contributed by atoms with van der Waals surface area (Å²) in [5.74, 6) is 0.417. The fourth-order valence-corrected chi connectivity index (χ4v) is 2.47. The second-order valence-corrected chi connectivity index (χ2v) is 4.59. The summed E-state index contributed by atoms with van der Waals surface area (Å²) < 4.78 is 0. The van der Waals surface area contributed by atoms with Crippen LogP contribution >= 0.6 is 0 Å². The third-order valence-electron chi connectivity index (χ3n) is 3.52. The molecule has 1 saturated heterocycles. The van der Waals surface area contributed by atoms with Crippen molar-refractivity contribution in [1.82, 2.24) is 4.90 Å². The zero-order valence-electron chi connectivity index (χ0n) is 10.3. The summed E-state index contributed by atoms with van der Waals surface area (Å²) in [4.78, 5) is 13.8. The van der Waals surface area contributed by atoms with Gasteiger partial charge in [0.15, 0.2) is 0 Å². The maximum Gasteiger partial charge on any atom is 0.132 e. The first-order valence-electron chi connectivity index (χ1n) is 6.53. The highest BCUT2D eigenvalue weighted by atomic mass is 16.1. The Labute approximate surface area is 94.0 Å². The largest absolute Gasteiger partial charge is 0.300 e. The van der Waals surface area contributed by atoms with Gasteiger partial charge >= 0.3 is 0 Å². The molecular formula is C13H25NO. The lowest BCUT2D eigenvalue weighted by Gasteiger charge is -2.35. The highest BCUT2D eigenvalue weighted by Gasteiger charge is 2.19. The second-order valence-electron chi connectivity index (χ2n) is 4.59. The average Bonchev–Trinajstić information content (AvgIpc) is 2.29. The summed E-state index contributed by atoms with van der Waals surface area (Å²) in [6, 6.07) is 0.787. The molecule has 2 heteroatoms. The summed E-state index contributed by atoms with van der Waals surface area (Å²) in [7, 11) is 0. The topological polar surface area (TPSA) is 20.3 Å². The zero-order valence-corrected chi connectivity index (χ0v) is 10.3. The van der Waals surface area contributed by atoms with Gasteiger partial charge < -0.3 is 4.90 Å². The molecule has 0 saturated carbocycles. The number of Topliss-reactive ketones (excluding diaryl/α,β-unsaturated/α-hetero) is 1. The van der Waals surface area contributed by atoms with Crippen LogP contribution in [0.15, 0.2) is 0 Å². The molecule has 15 heavy (non-hydrogen) atoms. The third-order valence-corrected chi connectivity index (χ3v) is 3.52. The van der Waals surface area contributed by atoms with E-state index >= 15 is 0 Å². The molecule has 0 bridgehead atoms. The van der Waals surface area contributed by atoms with Crippen LogP contribution in [0.5, 0.6) is 0 Å². The van der Waals surface area contributed by atoms with Crippen LogP contribution in [0.3, 0.4) is 0 Å². The molecule has 0 aromatic heterocycles. The van der Waals surface area contributed by atoms with E-state index in [1.54, 1.807) is 0 Å².